The summed E-state index contributed by atoms with van der Waals surface area (Å²) in [6, 6.07) is 8.21. The number of amides is 3. The molecule has 1 atom stereocenters. The second-order valence-corrected chi connectivity index (χ2v) is 6.24. The van der Waals surface area contributed by atoms with Gasteiger partial charge < -0.3 is 15.1 Å². The summed E-state index contributed by atoms with van der Waals surface area (Å²) < 4.78 is 0. The van der Waals surface area contributed by atoms with Gasteiger partial charge in [0.05, 0.1) is 6.67 Å². The molecule has 1 fully saturated rings. The van der Waals surface area contributed by atoms with Gasteiger partial charge in [-0.1, -0.05) is 18.2 Å². The zero-order valence-corrected chi connectivity index (χ0v) is 13.8. The number of fused-ring (bicyclic) bond motifs is 1. The topological polar surface area (TPSA) is 55.9 Å². The lowest BCUT2D eigenvalue weighted by Crippen LogP contribution is -2.42. The number of carbonyl (C=O) groups is 2. The monoisotopic (exact) mass is 316 g/mol. The van der Waals surface area contributed by atoms with Crippen LogP contribution in [0.25, 0.3) is 0 Å². The van der Waals surface area contributed by atoms with E-state index < -0.39 is 0 Å². The fourth-order valence-corrected chi connectivity index (χ4v) is 3.35. The highest BCUT2D eigenvalue weighted by Gasteiger charge is 2.30. The van der Waals surface area contributed by atoms with Gasteiger partial charge in [-0.25, -0.2) is 4.79 Å². The van der Waals surface area contributed by atoms with Crippen LogP contribution in [0.5, 0.6) is 0 Å². The van der Waals surface area contributed by atoms with Crippen LogP contribution in [0.2, 0.25) is 0 Å². The number of rotatable bonds is 3. The second kappa shape index (κ2) is 6.48. The Bertz CT molecular complexity index is 604. The minimum absolute atomic E-state index is 0.0206. The first kappa shape index (κ1) is 15.6. The van der Waals surface area contributed by atoms with Gasteiger partial charge in [-0.05, 0) is 25.0 Å². The van der Waals surface area contributed by atoms with E-state index in [1.165, 1.54) is 11.3 Å². The molecule has 0 radical (unpaired) electrons. The van der Waals surface area contributed by atoms with Crippen molar-refractivity contribution in [3.05, 3.63) is 29.8 Å². The number of benzene rings is 1. The molecule has 0 aromatic heterocycles. The highest BCUT2D eigenvalue weighted by atomic mass is 16.2. The molecule has 2 heterocycles. The van der Waals surface area contributed by atoms with Crippen molar-refractivity contribution >= 4 is 17.6 Å². The van der Waals surface area contributed by atoms with Crippen LogP contribution in [0.1, 0.15) is 24.8 Å². The Labute approximate surface area is 137 Å². The molecule has 6 heteroatoms. The maximum Gasteiger partial charge on any atom is 0.319 e. The highest BCUT2D eigenvalue weighted by Crippen LogP contribution is 2.33. The van der Waals surface area contributed by atoms with Gasteiger partial charge in [0.2, 0.25) is 5.91 Å². The van der Waals surface area contributed by atoms with E-state index in [4.69, 9.17) is 0 Å². The largest absolute Gasteiger partial charge is 0.374 e. The third kappa shape index (κ3) is 3.11. The van der Waals surface area contributed by atoms with Crippen molar-refractivity contribution in [2.24, 2.45) is 0 Å². The minimum atomic E-state index is -0.147. The molecule has 6 nitrogen and oxygen atoms in total. The van der Waals surface area contributed by atoms with E-state index in [9.17, 15) is 9.59 Å². The Morgan fingerprint density at radius 2 is 2.13 bits per heavy atom. The number of carbonyl (C=O) groups excluding carboxylic acids is 2. The Morgan fingerprint density at radius 3 is 2.87 bits per heavy atom. The summed E-state index contributed by atoms with van der Waals surface area (Å²) in [7, 11) is 2.10. The van der Waals surface area contributed by atoms with Crippen molar-refractivity contribution in [3.8, 4) is 0 Å². The summed E-state index contributed by atoms with van der Waals surface area (Å²) in [5, 5.41) is 3.00. The molecule has 0 aliphatic carbocycles. The molecule has 1 N–H and O–H groups in total. The third-order valence-electron chi connectivity index (χ3n) is 4.79. The van der Waals surface area contributed by atoms with Gasteiger partial charge in [0.1, 0.15) is 6.54 Å². The Balaban J connectivity index is 1.60. The van der Waals surface area contributed by atoms with Gasteiger partial charge in [-0.15, -0.1) is 0 Å². The van der Waals surface area contributed by atoms with E-state index >= 15 is 0 Å². The van der Waals surface area contributed by atoms with Gasteiger partial charge in [0.25, 0.3) is 0 Å². The lowest BCUT2D eigenvalue weighted by atomic mass is 9.90. The van der Waals surface area contributed by atoms with E-state index in [0.717, 1.165) is 13.0 Å². The molecule has 3 rings (SSSR count). The van der Waals surface area contributed by atoms with Crippen molar-refractivity contribution in [2.45, 2.75) is 19.3 Å². The molecule has 2 aliphatic heterocycles. The van der Waals surface area contributed by atoms with Crippen LogP contribution < -0.4 is 10.2 Å². The number of nitrogens with one attached hydrogen (secondary N) is 1. The first-order chi connectivity index (χ1) is 11.1. The van der Waals surface area contributed by atoms with E-state index in [1.807, 2.05) is 19.1 Å². The Hall–Kier alpha value is -2.24. The van der Waals surface area contributed by atoms with Crippen LogP contribution in [0.3, 0.4) is 0 Å². The highest BCUT2D eigenvalue weighted by molar-refractivity contribution is 5.87. The first-order valence-corrected chi connectivity index (χ1v) is 8.20. The summed E-state index contributed by atoms with van der Waals surface area (Å²) in [6.45, 7) is 4.75. The van der Waals surface area contributed by atoms with E-state index in [-0.39, 0.29) is 18.5 Å². The van der Waals surface area contributed by atoms with Gasteiger partial charge in [0.15, 0.2) is 0 Å². The number of para-hydroxylation sites is 1. The minimum Gasteiger partial charge on any atom is -0.374 e. The molecular weight excluding hydrogens is 292 g/mol. The van der Waals surface area contributed by atoms with Crippen LogP contribution in [-0.2, 0) is 4.79 Å². The molecule has 3 amide bonds. The van der Waals surface area contributed by atoms with Gasteiger partial charge in [0, 0.05) is 38.3 Å². The fraction of sp³-hybridized carbons (Fsp3) is 0.529. The Morgan fingerprint density at radius 1 is 1.35 bits per heavy atom. The molecule has 0 saturated carbocycles. The summed E-state index contributed by atoms with van der Waals surface area (Å²) >= 11 is 0. The molecule has 0 bridgehead atoms. The maximum atomic E-state index is 12.3. The third-order valence-corrected chi connectivity index (χ3v) is 4.79. The number of nitrogens with zero attached hydrogens (tertiary/aromatic N) is 3. The smallest absolute Gasteiger partial charge is 0.319 e. The van der Waals surface area contributed by atoms with Gasteiger partial charge in [-0.3, -0.25) is 9.69 Å². The zero-order valence-electron chi connectivity index (χ0n) is 13.8. The van der Waals surface area contributed by atoms with Crippen molar-refractivity contribution < 1.29 is 9.59 Å². The molecule has 0 unspecified atom stereocenters. The normalized spacial score (nSPS) is 20.7. The quantitative estimate of drug-likeness (QED) is 0.918. The molecule has 2 aliphatic rings. The number of likely N-dealkylation sites (N-methyl/N-ethyl adjacent to an activating group) is 1. The van der Waals surface area contributed by atoms with Crippen molar-refractivity contribution in [1.29, 1.82) is 0 Å². The predicted molar refractivity (Wildman–Crippen MR) is 89.4 cm³/mol. The molecule has 1 aromatic rings. The molecule has 1 saturated heterocycles. The van der Waals surface area contributed by atoms with Gasteiger partial charge >= 0.3 is 6.03 Å². The zero-order chi connectivity index (χ0) is 16.4. The summed E-state index contributed by atoms with van der Waals surface area (Å²) in [5.74, 6) is 0.346. The van der Waals surface area contributed by atoms with Crippen molar-refractivity contribution in [1.82, 2.24) is 15.1 Å². The van der Waals surface area contributed by atoms with Gasteiger partial charge in [-0.2, -0.15) is 0 Å². The summed E-state index contributed by atoms with van der Waals surface area (Å²) in [5.41, 5.74) is 2.53. The van der Waals surface area contributed by atoms with E-state index in [0.29, 0.717) is 25.7 Å². The van der Waals surface area contributed by atoms with Crippen LogP contribution in [-0.4, -0.2) is 61.6 Å². The predicted octanol–water partition coefficient (Wildman–Crippen LogP) is 1.44. The SMILES string of the molecule is CCN1CN(C(=O)NC[C@@H]2CCN(C)c3ccccc32)CC1=O. The number of hydrogen-bond donors (Lipinski definition) is 1. The van der Waals surface area contributed by atoms with Crippen LogP contribution in [0.15, 0.2) is 24.3 Å². The number of hydrogen-bond acceptors (Lipinski definition) is 3. The molecular formula is C17H24N4O2. The van der Waals surface area contributed by atoms with E-state index in [2.05, 4.69) is 29.4 Å². The molecule has 23 heavy (non-hydrogen) atoms. The fourth-order valence-electron chi connectivity index (χ4n) is 3.35. The van der Waals surface area contributed by atoms with Crippen molar-refractivity contribution in [2.75, 3.05) is 44.8 Å². The summed E-state index contributed by atoms with van der Waals surface area (Å²) in [4.78, 5) is 29.5. The van der Waals surface area contributed by atoms with Crippen molar-refractivity contribution in [3.63, 3.8) is 0 Å². The molecule has 124 valence electrons. The second-order valence-electron chi connectivity index (χ2n) is 6.24. The Kier molecular flexibility index (Phi) is 4.41. The lowest BCUT2D eigenvalue weighted by molar-refractivity contribution is -0.126. The maximum absolute atomic E-state index is 12.3. The molecule has 0 spiro atoms. The molecule has 1 aromatic carbocycles. The average Bonchev–Trinajstić information content (AvgIpc) is 2.95. The first-order valence-electron chi connectivity index (χ1n) is 8.20. The number of urea groups is 1. The van der Waals surface area contributed by atoms with Crippen LogP contribution >= 0.6 is 0 Å². The average molecular weight is 316 g/mol. The van der Waals surface area contributed by atoms with Crippen LogP contribution in [0.4, 0.5) is 10.5 Å². The van der Waals surface area contributed by atoms with Crippen LogP contribution in [0, 0.1) is 0 Å². The lowest BCUT2D eigenvalue weighted by Gasteiger charge is -2.33. The number of anilines is 1. The standard InChI is InChI=1S/C17H24N4O2/c1-3-20-12-21(11-16(20)22)17(23)18-10-13-8-9-19(2)15-7-5-4-6-14(13)15/h4-7,13H,3,8-12H2,1-2H3,(H,18,23)/t13-/m0/s1. The van der Waals surface area contributed by atoms with E-state index in [1.54, 1.807) is 9.80 Å². The summed E-state index contributed by atoms with van der Waals surface area (Å²) in [6.07, 6.45) is 1.02.